The molecule has 0 N–H and O–H groups in total. The van der Waals surface area contributed by atoms with Gasteiger partial charge in [0.05, 0.1) is 17.0 Å². The molecule has 1 aromatic carbocycles. The minimum atomic E-state index is -3.78. The fourth-order valence-electron chi connectivity index (χ4n) is 4.26. The molecule has 4 aromatic rings. The number of sulfonamides is 1. The van der Waals surface area contributed by atoms with Crippen molar-refractivity contribution in [1.29, 1.82) is 0 Å². The molecule has 0 atom stereocenters. The van der Waals surface area contributed by atoms with Gasteiger partial charge in [0.25, 0.3) is 11.8 Å². The maximum absolute atomic E-state index is 14.1. The topological polar surface area (TPSA) is 112 Å². The van der Waals surface area contributed by atoms with Gasteiger partial charge in [-0.3, -0.25) is 9.36 Å². The van der Waals surface area contributed by atoms with Crippen molar-refractivity contribution in [2.75, 3.05) is 6.54 Å². The molecule has 10 nitrogen and oxygen atoms in total. The lowest BCUT2D eigenvalue weighted by atomic mass is 10.1. The molecule has 3 aromatic heterocycles. The third-order valence-electron chi connectivity index (χ3n) is 5.98. The third kappa shape index (κ3) is 3.37. The largest absolute Gasteiger partial charge is 0.414 e. The zero-order chi connectivity index (χ0) is 23.5. The number of rotatable bonds is 4. The number of aryl methyl sites for hydroxylation is 3. The summed E-state index contributed by atoms with van der Waals surface area (Å²) in [6.45, 7) is 3.84. The number of hydrogen-bond donors (Lipinski definition) is 0. The van der Waals surface area contributed by atoms with Crippen molar-refractivity contribution < 1.29 is 17.2 Å². The van der Waals surface area contributed by atoms with Gasteiger partial charge < -0.3 is 4.42 Å². The second-order valence-electron chi connectivity index (χ2n) is 8.00. The monoisotopic (exact) mass is 471 g/mol. The average molecular weight is 472 g/mol. The van der Waals surface area contributed by atoms with Crippen LogP contribution in [0.25, 0.3) is 23.0 Å². The first-order valence-electron chi connectivity index (χ1n) is 10.3. The minimum Gasteiger partial charge on any atom is -0.414 e. The Labute approximate surface area is 189 Å². The molecule has 0 saturated carbocycles. The summed E-state index contributed by atoms with van der Waals surface area (Å²) < 4.78 is 51.5. The van der Waals surface area contributed by atoms with Crippen LogP contribution in [0.2, 0.25) is 0 Å². The van der Waals surface area contributed by atoms with E-state index >= 15 is 0 Å². The van der Waals surface area contributed by atoms with E-state index in [1.54, 1.807) is 55.5 Å². The summed E-state index contributed by atoms with van der Waals surface area (Å²) in [4.78, 5) is 0.221. The van der Waals surface area contributed by atoms with E-state index in [1.807, 2.05) is 0 Å². The van der Waals surface area contributed by atoms with Gasteiger partial charge in [0.2, 0.25) is 10.0 Å². The van der Waals surface area contributed by atoms with Crippen LogP contribution in [0.5, 0.6) is 0 Å². The zero-order valence-corrected chi connectivity index (χ0v) is 19.4. The van der Waals surface area contributed by atoms with Crippen molar-refractivity contribution >= 4 is 10.0 Å². The Morgan fingerprint density at radius 2 is 1.76 bits per heavy atom. The van der Waals surface area contributed by atoms with Gasteiger partial charge in [0.1, 0.15) is 10.7 Å². The predicted octanol–water partition coefficient (Wildman–Crippen LogP) is 2.37. The minimum absolute atomic E-state index is 0.0319. The van der Waals surface area contributed by atoms with E-state index in [-0.39, 0.29) is 28.8 Å². The number of benzene rings is 1. The molecule has 0 aliphatic carbocycles. The molecule has 0 saturated heterocycles. The maximum atomic E-state index is 14.1. The van der Waals surface area contributed by atoms with Crippen LogP contribution in [-0.2, 0) is 37.1 Å². The van der Waals surface area contributed by atoms with E-state index < -0.39 is 15.8 Å². The maximum Gasteiger partial charge on any atom is 0.268 e. The van der Waals surface area contributed by atoms with E-state index in [9.17, 15) is 12.8 Å². The molecule has 0 bridgehead atoms. The molecule has 0 unspecified atom stereocenters. The lowest BCUT2D eigenvalue weighted by Crippen LogP contribution is -2.36. The van der Waals surface area contributed by atoms with Gasteiger partial charge in [-0.1, -0.05) is 12.1 Å². The van der Waals surface area contributed by atoms with Crippen molar-refractivity contribution in [3.63, 3.8) is 0 Å². The molecule has 4 heterocycles. The summed E-state index contributed by atoms with van der Waals surface area (Å²) in [6, 6.07) is 6.11. The Kier molecular flexibility index (Phi) is 4.94. The number of halogens is 1. The van der Waals surface area contributed by atoms with Crippen molar-refractivity contribution in [3.8, 4) is 23.0 Å². The summed E-state index contributed by atoms with van der Waals surface area (Å²) in [7, 11) is -0.274. The second-order valence-corrected chi connectivity index (χ2v) is 9.88. The molecule has 0 radical (unpaired) electrons. The molecule has 172 valence electrons. The van der Waals surface area contributed by atoms with Gasteiger partial charge in [0, 0.05) is 44.9 Å². The molecule has 0 fully saturated rings. The highest BCUT2D eigenvalue weighted by atomic mass is 32.2. The van der Waals surface area contributed by atoms with E-state index in [4.69, 9.17) is 4.42 Å². The highest BCUT2D eigenvalue weighted by molar-refractivity contribution is 7.89. The predicted molar refractivity (Wildman–Crippen MR) is 116 cm³/mol. The van der Waals surface area contributed by atoms with Crippen molar-refractivity contribution in [2.24, 2.45) is 14.1 Å². The van der Waals surface area contributed by atoms with Crippen LogP contribution in [0.15, 0.2) is 33.6 Å². The van der Waals surface area contributed by atoms with Crippen molar-refractivity contribution in [2.45, 2.75) is 31.7 Å². The highest BCUT2D eigenvalue weighted by Gasteiger charge is 2.36. The van der Waals surface area contributed by atoms with Crippen LogP contribution in [-0.4, -0.2) is 49.0 Å². The molecule has 0 amide bonds. The van der Waals surface area contributed by atoms with Gasteiger partial charge in [-0.2, -0.15) is 14.5 Å². The first-order valence-corrected chi connectivity index (χ1v) is 11.8. The summed E-state index contributed by atoms with van der Waals surface area (Å²) in [5, 5.41) is 16.8. The van der Waals surface area contributed by atoms with Gasteiger partial charge in [-0.15, -0.1) is 10.2 Å². The van der Waals surface area contributed by atoms with Gasteiger partial charge in [0.15, 0.2) is 5.69 Å². The smallest absolute Gasteiger partial charge is 0.268 e. The molecule has 1 aliphatic heterocycles. The fourth-order valence-corrected chi connectivity index (χ4v) is 6.07. The summed E-state index contributed by atoms with van der Waals surface area (Å²) in [5.41, 5.74) is 3.20. The molecule has 33 heavy (non-hydrogen) atoms. The summed E-state index contributed by atoms with van der Waals surface area (Å²) in [5.74, 6) is -0.335. The molecular formula is C21H22FN7O3S. The SMILES string of the molecule is Cc1nn(C)c(C)c1S(=O)(=O)N1CCc2c(c(-c3nnc(-c4ccccc4F)o3)nn2C)C1. The first kappa shape index (κ1) is 21.5. The summed E-state index contributed by atoms with van der Waals surface area (Å²) >= 11 is 0. The Bertz CT molecular complexity index is 1490. The average Bonchev–Trinajstić information content (AvgIpc) is 3.45. The Hall–Kier alpha value is -3.38. The fraction of sp³-hybridized carbons (Fsp3) is 0.333. The Morgan fingerprint density at radius 1 is 1.03 bits per heavy atom. The zero-order valence-electron chi connectivity index (χ0n) is 18.6. The molecule has 12 heteroatoms. The van der Waals surface area contributed by atoms with Crippen molar-refractivity contribution in [3.05, 3.63) is 52.7 Å². The molecule has 5 rings (SSSR count). The molecule has 1 aliphatic rings. The standard InChI is InChI=1S/C21H22FN7O3S/c1-12-19(13(2)27(3)25-12)33(30,31)29-10-9-17-15(11-29)18(26-28(17)4)21-24-23-20(32-21)14-7-5-6-8-16(14)22/h5-8H,9-11H2,1-4H3. The van der Waals surface area contributed by atoms with Crippen molar-refractivity contribution in [1.82, 2.24) is 34.1 Å². The van der Waals surface area contributed by atoms with Gasteiger partial charge in [-0.05, 0) is 26.0 Å². The van der Waals surface area contributed by atoms with E-state index in [2.05, 4.69) is 20.4 Å². The van der Waals surface area contributed by atoms with Crippen LogP contribution >= 0.6 is 0 Å². The summed E-state index contributed by atoms with van der Waals surface area (Å²) in [6.07, 6.45) is 0.477. The second kappa shape index (κ2) is 7.59. The van der Waals surface area contributed by atoms with Crippen LogP contribution in [0.4, 0.5) is 4.39 Å². The van der Waals surface area contributed by atoms with E-state index in [1.165, 1.54) is 10.4 Å². The van der Waals surface area contributed by atoms with Crippen LogP contribution in [0.3, 0.4) is 0 Å². The molecular weight excluding hydrogens is 449 g/mol. The number of aromatic nitrogens is 6. The number of nitrogens with zero attached hydrogens (tertiary/aromatic N) is 7. The highest BCUT2D eigenvalue weighted by Crippen LogP contribution is 2.34. The normalized spacial score (nSPS) is 14.6. The lowest BCUT2D eigenvalue weighted by molar-refractivity contribution is 0.385. The number of fused-ring (bicyclic) bond motifs is 1. The Morgan fingerprint density at radius 3 is 2.45 bits per heavy atom. The van der Waals surface area contributed by atoms with Gasteiger partial charge >= 0.3 is 0 Å². The van der Waals surface area contributed by atoms with Crippen LogP contribution in [0, 0.1) is 19.7 Å². The number of hydrogen-bond acceptors (Lipinski definition) is 7. The van der Waals surface area contributed by atoms with E-state index in [0.29, 0.717) is 35.6 Å². The Balaban J connectivity index is 1.53. The quantitative estimate of drug-likeness (QED) is 0.449. The van der Waals surface area contributed by atoms with Gasteiger partial charge in [-0.25, -0.2) is 12.8 Å². The van der Waals surface area contributed by atoms with Crippen LogP contribution in [0.1, 0.15) is 22.6 Å². The van der Waals surface area contributed by atoms with E-state index in [0.717, 1.165) is 5.69 Å². The first-order chi connectivity index (χ1) is 15.7. The molecule has 0 spiro atoms. The third-order valence-corrected chi connectivity index (χ3v) is 8.08. The lowest BCUT2D eigenvalue weighted by Gasteiger charge is -2.26. The van der Waals surface area contributed by atoms with Crippen LogP contribution < -0.4 is 0 Å².